The zero-order chi connectivity index (χ0) is 15.9. The molecule has 23 heavy (non-hydrogen) atoms. The van der Waals surface area contributed by atoms with Gasteiger partial charge in [0.05, 0.1) is 0 Å². The molecule has 2 N–H and O–H groups in total. The van der Waals surface area contributed by atoms with E-state index in [0.29, 0.717) is 6.61 Å². The summed E-state index contributed by atoms with van der Waals surface area (Å²) < 4.78 is 5.96. The van der Waals surface area contributed by atoms with E-state index in [-0.39, 0.29) is 0 Å². The molecule has 0 saturated heterocycles. The van der Waals surface area contributed by atoms with Crippen LogP contribution in [-0.4, -0.2) is 4.98 Å². The third kappa shape index (κ3) is 4.79. The topological polar surface area (TPSA) is 38.7 Å². The molecule has 2 heterocycles. The minimum Gasteiger partial charge on any atom is -0.488 e. The number of quaternary nitrogens is 1. The molecular weight excluding hydrogens is 328 g/mol. The molecular formula is C18H18ClN2OS+. The predicted octanol–water partition coefficient (Wildman–Crippen LogP) is 3.64. The van der Waals surface area contributed by atoms with Crippen molar-refractivity contribution in [3.8, 4) is 5.75 Å². The fourth-order valence-electron chi connectivity index (χ4n) is 2.31. The normalized spacial score (nSPS) is 10.7. The van der Waals surface area contributed by atoms with Gasteiger partial charge in [-0.2, -0.15) is 0 Å². The third-order valence-corrected chi connectivity index (χ3v) is 4.52. The lowest BCUT2D eigenvalue weighted by atomic mass is 10.2. The molecule has 0 atom stereocenters. The molecule has 3 nitrogen and oxygen atoms in total. The highest BCUT2D eigenvalue weighted by molar-refractivity contribution is 7.09. The fourth-order valence-corrected chi connectivity index (χ4v) is 3.12. The van der Waals surface area contributed by atoms with Gasteiger partial charge in [0.1, 0.15) is 25.4 Å². The molecule has 0 aliphatic heterocycles. The Balaban J connectivity index is 1.61. The molecule has 1 aromatic carbocycles. The number of benzene rings is 1. The van der Waals surface area contributed by atoms with E-state index < -0.39 is 0 Å². The first-order chi connectivity index (χ1) is 11.3. The van der Waals surface area contributed by atoms with Gasteiger partial charge in [-0.15, -0.1) is 11.3 Å². The summed E-state index contributed by atoms with van der Waals surface area (Å²) in [6.07, 6.45) is 3.68. The average molecular weight is 346 g/mol. The molecule has 0 aliphatic carbocycles. The van der Waals surface area contributed by atoms with Crippen molar-refractivity contribution in [2.45, 2.75) is 19.7 Å². The van der Waals surface area contributed by atoms with Crippen molar-refractivity contribution < 1.29 is 10.1 Å². The monoisotopic (exact) mass is 345 g/mol. The Morgan fingerprint density at radius 3 is 2.87 bits per heavy atom. The smallest absolute Gasteiger partial charge is 0.128 e. The van der Waals surface area contributed by atoms with E-state index in [1.165, 1.54) is 10.4 Å². The van der Waals surface area contributed by atoms with Crippen LogP contribution in [0.15, 0.2) is 60.2 Å². The Morgan fingerprint density at radius 2 is 2.09 bits per heavy atom. The number of nitrogens with two attached hydrogens (primary N) is 1. The highest BCUT2D eigenvalue weighted by Gasteiger charge is 2.08. The lowest BCUT2D eigenvalue weighted by molar-refractivity contribution is -0.686. The molecule has 0 unspecified atom stereocenters. The van der Waals surface area contributed by atoms with Crippen LogP contribution in [0.2, 0.25) is 5.02 Å². The van der Waals surface area contributed by atoms with Crippen molar-refractivity contribution in [3.63, 3.8) is 0 Å². The Bertz CT molecular complexity index is 732. The van der Waals surface area contributed by atoms with Gasteiger partial charge in [-0.25, -0.2) is 0 Å². The summed E-state index contributed by atoms with van der Waals surface area (Å²) in [4.78, 5) is 5.35. The van der Waals surface area contributed by atoms with Crippen molar-refractivity contribution in [1.29, 1.82) is 0 Å². The third-order valence-electron chi connectivity index (χ3n) is 3.44. The summed E-state index contributed by atoms with van der Waals surface area (Å²) in [6.45, 7) is 2.29. The fraction of sp³-hybridized carbons (Fsp3) is 0.167. The van der Waals surface area contributed by atoms with Gasteiger partial charge in [-0.05, 0) is 35.7 Å². The van der Waals surface area contributed by atoms with Gasteiger partial charge >= 0.3 is 0 Å². The zero-order valence-corrected chi connectivity index (χ0v) is 14.2. The van der Waals surface area contributed by atoms with E-state index in [2.05, 4.69) is 27.8 Å². The highest BCUT2D eigenvalue weighted by atomic mass is 35.5. The van der Waals surface area contributed by atoms with Crippen LogP contribution in [0.3, 0.4) is 0 Å². The standard InChI is InChI=1S/C18H17ClN2OS/c19-16-5-6-18(22-13-17-4-2-8-23-17)15(9-16)12-21-11-14-3-1-7-20-10-14/h1-10,21H,11-13H2/p+1. The minimum absolute atomic E-state index is 0.592. The summed E-state index contributed by atoms with van der Waals surface area (Å²) in [7, 11) is 0. The van der Waals surface area contributed by atoms with E-state index in [9.17, 15) is 0 Å². The van der Waals surface area contributed by atoms with E-state index in [1.54, 1.807) is 17.5 Å². The zero-order valence-electron chi connectivity index (χ0n) is 12.6. The van der Waals surface area contributed by atoms with Gasteiger partial charge in [-0.3, -0.25) is 4.98 Å². The van der Waals surface area contributed by atoms with Gasteiger partial charge < -0.3 is 10.1 Å². The number of pyridine rings is 1. The van der Waals surface area contributed by atoms with Crippen LogP contribution in [0.1, 0.15) is 16.0 Å². The highest BCUT2D eigenvalue weighted by Crippen LogP contribution is 2.23. The Morgan fingerprint density at radius 1 is 1.13 bits per heavy atom. The second kappa shape index (κ2) is 8.11. The lowest BCUT2D eigenvalue weighted by Crippen LogP contribution is -2.80. The number of hydrogen-bond donors (Lipinski definition) is 1. The van der Waals surface area contributed by atoms with Crippen molar-refractivity contribution in [2.75, 3.05) is 0 Å². The quantitative estimate of drug-likeness (QED) is 0.710. The number of hydrogen-bond acceptors (Lipinski definition) is 3. The Labute approximate surface area is 144 Å². The molecule has 0 bridgehead atoms. The van der Waals surface area contributed by atoms with Crippen molar-refractivity contribution in [3.05, 3.63) is 81.3 Å². The van der Waals surface area contributed by atoms with Crippen molar-refractivity contribution >= 4 is 22.9 Å². The minimum atomic E-state index is 0.592. The molecule has 0 saturated carbocycles. The Hall–Kier alpha value is -1.88. The van der Waals surface area contributed by atoms with Crippen LogP contribution >= 0.6 is 22.9 Å². The summed E-state index contributed by atoms with van der Waals surface area (Å²) in [5, 5.41) is 5.02. The van der Waals surface area contributed by atoms with Gasteiger partial charge in [0.2, 0.25) is 0 Å². The number of halogens is 1. The largest absolute Gasteiger partial charge is 0.488 e. The predicted molar refractivity (Wildman–Crippen MR) is 93.7 cm³/mol. The maximum Gasteiger partial charge on any atom is 0.128 e. The molecule has 118 valence electrons. The summed E-state index contributed by atoms with van der Waals surface area (Å²) in [6, 6.07) is 13.9. The van der Waals surface area contributed by atoms with E-state index in [4.69, 9.17) is 16.3 Å². The van der Waals surface area contributed by atoms with E-state index in [0.717, 1.165) is 29.4 Å². The molecule has 3 aromatic rings. The molecule has 0 spiro atoms. The van der Waals surface area contributed by atoms with Gasteiger partial charge in [0.25, 0.3) is 0 Å². The lowest BCUT2D eigenvalue weighted by Gasteiger charge is -2.11. The van der Waals surface area contributed by atoms with Gasteiger partial charge in [-0.1, -0.05) is 23.7 Å². The Kier molecular flexibility index (Phi) is 5.64. The van der Waals surface area contributed by atoms with Crippen LogP contribution in [0, 0.1) is 0 Å². The molecule has 0 fully saturated rings. The van der Waals surface area contributed by atoms with E-state index in [1.807, 2.05) is 36.5 Å². The number of rotatable bonds is 7. The molecule has 3 rings (SSSR count). The maximum atomic E-state index is 6.14. The number of aromatic nitrogens is 1. The summed E-state index contributed by atoms with van der Waals surface area (Å²) >= 11 is 7.84. The van der Waals surface area contributed by atoms with Crippen LogP contribution in [0.4, 0.5) is 0 Å². The molecule has 0 radical (unpaired) electrons. The summed E-state index contributed by atoms with van der Waals surface area (Å²) in [5.74, 6) is 0.894. The number of thiophene rings is 1. The van der Waals surface area contributed by atoms with Crippen LogP contribution in [0.25, 0.3) is 0 Å². The molecule has 5 heteroatoms. The average Bonchev–Trinajstić information content (AvgIpc) is 3.09. The first-order valence-electron chi connectivity index (χ1n) is 7.45. The first-order valence-corrected chi connectivity index (χ1v) is 8.71. The van der Waals surface area contributed by atoms with Crippen molar-refractivity contribution in [1.82, 2.24) is 4.98 Å². The van der Waals surface area contributed by atoms with Crippen LogP contribution < -0.4 is 10.1 Å². The second-order valence-electron chi connectivity index (χ2n) is 5.18. The first kappa shape index (κ1) is 16.0. The molecule has 0 amide bonds. The van der Waals surface area contributed by atoms with Crippen molar-refractivity contribution in [2.24, 2.45) is 0 Å². The van der Waals surface area contributed by atoms with Crippen LogP contribution in [-0.2, 0) is 19.7 Å². The maximum absolute atomic E-state index is 6.14. The number of nitrogens with zero attached hydrogens (tertiary/aromatic N) is 1. The summed E-state index contributed by atoms with van der Waals surface area (Å²) in [5.41, 5.74) is 2.31. The number of ether oxygens (including phenoxy) is 1. The molecule has 0 aliphatic rings. The second-order valence-corrected chi connectivity index (χ2v) is 6.65. The van der Waals surface area contributed by atoms with E-state index >= 15 is 0 Å². The SMILES string of the molecule is Clc1ccc(OCc2cccs2)c(C[NH2+]Cc2cccnc2)c1. The van der Waals surface area contributed by atoms with Crippen LogP contribution in [0.5, 0.6) is 5.75 Å². The van der Waals surface area contributed by atoms with Gasteiger partial charge in [0, 0.05) is 33.4 Å². The molecule has 2 aromatic heterocycles. The van der Waals surface area contributed by atoms with Gasteiger partial charge in [0.15, 0.2) is 0 Å².